The Morgan fingerprint density at radius 2 is 1.41 bits per heavy atom. The van der Waals surface area contributed by atoms with Gasteiger partial charge in [-0.15, -0.1) is 0 Å². The number of aliphatic hydroxyl groups is 1. The Balaban J connectivity index is 5.12. The van der Waals surface area contributed by atoms with E-state index in [4.69, 9.17) is 21.7 Å². The van der Waals surface area contributed by atoms with Gasteiger partial charge in [0.05, 0.1) is 25.0 Å². The molecule has 10 N–H and O–H groups in total. The molecule has 0 bridgehead atoms. The number of primary amides is 1. The molecule has 29 heavy (non-hydrogen) atoms. The SMILES string of the molecule is CC(NC(=O)C(N)CC(=O)O)C(=O)NC(CC(N)=O)C(=O)NC(C(=O)O)C(C)O. The molecule has 4 amide bonds. The molecule has 5 unspecified atom stereocenters. The summed E-state index contributed by atoms with van der Waals surface area (Å²) in [5, 5.41) is 33.2. The smallest absolute Gasteiger partial charge is 0.328 e. The standard InChI is InChI=1S/C15H25N5O9/c1-5(18-13(26)7(16)3-10(23)24)12(25)19-8(4-9(17)22)14(27)20-11(6(2)21)15(28)29/h5-8,11,21H,3-4,16H2,1-2H3,(H2,17,22)(H,18,26)(H,19,25)(H,20,27)(H,23,24)(H,28,29). The molecule has 0 fully saturated rings. The number of carboxylic acid groups (broad SMARTS) is 2. The molecule has 0 saturated heterocycles. The van der Waals surface area contributed by atoms with E-state index in [9.17, 15) is 33.9 Å². The van der Waals surface area contributed by atoms with Crippen molar-refractivity contribution < 1.29 is 44.1 Å². The van der Waals surface area contributed by atoms with Crippen LogP contribution in [0.4, 0.5) is 0 Å². The Bertz CT molecular complexity index is 667. The number of nitrogens with two attached hydrogens (primary N) is 2. The van der Waals surface area contributed by atoms with Crippen molar-refractivity contribution in [3.05, 3.63) is 0 Å². The average molecular weight is 419 g/mol. The molecule has 0 aliphatic heterocycles. The molecule has 5 atom stereocenters. The molecule has 164 valence electrons. The van der Waals surface area contributed by atoms with Gasteiger partial charge in [-0.05, 0) is 13.8 Å². The Morgan fingerprint density at radius 3 is 1.83 bits per heavy atom. The first-order valence-electron chi connectivity index (χ1n) is 8.33. The Labute approximate surface area is 165 Å². The summed E-state index contributed by atoms with van der Waals surface area (Å²) in [6.45, 7) is 2.31. The number of carboxylic acids is 2. The van der Waals surface area contributed by atoms with E-state index in [1.165, 1.54) is 6.92 Å². The normalized spacial score (nSPS) is 15.7. The van der Waals surface area contributed by atoms with Gasteiger partial charge in [-0.3, -0.25) is 24.0 Å². The van der Waals surface area contributed by atoms with Crippen LogP contribution in [-0.4, -0.2) is 81.2 Å². The van der Waals surface area contributed by atoms with Crippen molar-refractivity contribution in [3.8, 4) is 0 Å². The third kappa shape index (κ3) is 9.48. The quantitative estimate of drug-likeness (QED) is 0.151. The fraction of sp³-hybridized carbons (Fsp3) is 0.600. The van der Waals surface area contributed by atoms with Crippen LogP contribution >= 0.6 is 0 Å². The zero-order valence-corrected chi connectivity index (χ0v) is 15.7. The number of hydrogen-bond donors (Lipinski definition) is 8. The summed E-state index contributed by atoms with van der Waals surface area (Å²) >= 11 is 0. The van der Waals surface area contributed by atoms with Gasteiger partial charge in [0.2, 0.25) is 23.6 Å². The maximum absolute atomic E-state index is 12.2. The lowest BCUT2D eigenvalue weighted by atomic mass is 10.1. The molecule has 0 aliphatic rings. The summed E-state index contributed by atoms with van der Waals surface area (Å²) in [6.07, 6.45) is -2.85. The fourth-order valence-electron chi connectivity index (χ4n) is 2.02. The van der Waals surface area contributed by atoms with Crippen molar-refractivity contribution in [1.82, 2.24) is 16.0 Å². The van der Waals surface area contributed by atoms with Gasteiger partial charge >= 0.3 is 11.9 Å². The van der Waals surface area contributed by atoms with E-state index in [-0.39, 0.29) is 0 Å². The minimum Gasteiger partial charge on any atom is -0.481 e. The van der Waals surface area contributed by atoms with Crippen LogP contribution in [0.2, 0.25) is 0 Å². The summed E-state index contributed by atoms with van der Waals surface area (Å²) in [5.74, 6) is -6.86. The van der Waals surface area contributed by atoms with Gasteiger partial charge in [-0.2, -0.15) is 0 Å². The highest BCUT2D eigenvalue weighted by Crippen LogP contribution is 1.99. The van der Waals surface area contributed by atoms with Crippen LogP contribution in [0.5, 0.6) is 0 Å². The molecule has 0 aromatic rings. The van der Waals surface area contributed by atoms with Gasteiger partial charge in [0, 0.05) is 0 Å². The maximum Gasteiger partial charge on any atom is 0.328 e. The van der Waals surface area contributed by atoms with E-state index < -0.39 is 78.7 Å². The van der Waals surface area contributed by atoms with E-state index in [0.717, 1.165) is 6.92 Å². The van der Waals surface area contributed by atoms with Crippen LogP contribution in [0.1, 0.15) is 26.7 Å². The molecule has 0 saturated carbocycles. The van der Waals surface area contributed by atoms with Gasteiger partial charge in [0.25, 0.3) is 0 Å². The highest BCUT2D eigenvalue weighted by molar-refractivity contribution is 5.96. The lowest BCUT2D eigenvalue weighted by molar-refractivity contribution is -0.145. The first-order valence-corrected chi connectivity index (χ1v) is 8.33. The summed E-state index contributed by atoms with van der Waals surface area (Å²) in [6, 6.07) is -6.00. The minimum atomic E-state index is -1.71. The number of carbonyl (C=O) groups excluding carboxylic acids is 4. The summed E-state index contributed by atoms with van der Waals surface area (Å²) in [5.41, 5.74) is 10.4. The van der Waals surface area contributed by atoms with E-state index in [1.807, 2.05) is 5.32 Å². The Kier molecular flexibility index (Phi) is 10.3. The molecular weight excluding hydrogens is 394 g/mol. The van der Waals surface area contributed by atoms with Gasteiger partial charge in [0.15, 0.2) is 6.04 Å². The minimum absolute atomic E-state index is 0.678. The third-order valence-electron chi connectivity index (χ3n) is 3.57. The predicted octanol–water partition coefficient (Wildman–Crippen LogP) is -4.40. The number of aliphatic carboxylic acids is 2. The lowest BCUT2D eigenvalue weighted by Crippen LogP contribution is -2.58. The molecular formula is C15H25N5O9. The second-order valence-electron chi connectivity index (χ2n) is 6.23. The molecule has 0 radical (unpaired) electrons. The largest absolute Gasteiger partial charge is 0.481 e. The number of hydrogen-bond acceptors (Lipinski definition) is 8. The van der Waals surface area contributed by atoms with E-state index in [2.05, 4.69) is 10.6 Å². The molecule has 0 aromatic carbocycles. The second-order valence-corrected chi connectivity index (χ2v) is 6.23. The van der Waals surface area contributed by atoms with Gasteiger partial charge < -0.3 is 42.7 Å². The molecule has 0 rings (SSSR count). The number of rotatable bonds is 12. The summed E-state index contributed by atoms with van der Waals surface area (Å²) < 4.78 is 0. The number of carbonyl (C=O) groups is 6. The number of aliphatic hydroxyl groups excluding tert-OH is 1. The van der Waals surface area contributed by atoms with Crippen LogP contribution in [0.3, 0.4) is 0 Å². The van der Waals surface area contributed by atoms with Gasteiger partial charge in [-0.25, -0.2) is 4.79 Å². The summed E-state index contributed by atoms with van der Waals surface area (Å²) in [4.78, 5) is 69.0. The van der Waals surface area contributed by atoms with E-state index >= 15 is 0 Å². The zero-order chi connectivity index (χ0) is 22.9. The van der Waals surface area contributed by atoms with Gasteiger partial charge in [-0.1, -0.05) is 0 Å². The van der Waals surface area contributed by atoms with Crippen molar-refractivity contribution >= 4 is 35.6 Å². The number of amides is 4. The van der Waals surface area contributed by atoms with Crippen molar-refractivity contribution in [3.63, 3.8) is 0 Å². The first-order chi connectivity index (χ1) is 13.3. The Hall–Kier alpha value is -3.26. The fourth-order valence-corrected chi connectivity index (χ4v) is 2.02. The van der Waals surface area contributed by atoms with Crippen LogP contribution in [0.25, 0.3) is 0 Å². The van der Waals surface area contributed by atoms with Gasteiger partial charge in [0.1, 0.15) is 12.1 Å². The average Bonchev–Trinajstić information content (AvgIpc) is 2.56. The molecule has 0 heterocycles. The molecule has 14 nitrogen and oxygen atoms in total. The highest BCUT2D eigenvalue weighted by atomic mass is 16.4. The van der Waals surface area contributed by atoms with E-state index in [0.29, 0.717) is 0 Å². The first kappa shape index (κ1) is 25.7. The molecule has 14 heteroatoms. The monoisotopic (exact) mass is 419 g/mol. The van der Waals surface area contributed by atoms with Crippen molar-refractivity contribution in [2.45, 2.75) is 57.0 Å². The number of nitrogens with one attached hydrogen (secondary N) is 3. The van der Waals surface area contributed by atoms with Crippen molar-refractivity contribution in [1.29, 1.82) is 0 Å². The van der Waals surface area contributed by atoms with E-state index in [1.54, 1.807) is 0 Å². The highest BCUT2D eigenvalue weighted by Gasteiger charge is 2.31. The molecule has 0 aromatic heterocycles. The van der Waals surface area contributed by atoms with Crippen LogP contribution in [0.15, 0.2) is 0 Å². The predicted molar refractivity (Wildman–Crippen MR) is 94.8 cm³/mol. The van der Waals surface area contributed by atoms with Crippen molar-refractivity contribution in [2.24, 2.45) is 11.5 Å². The molecule has 0 spiro atoms. The van der Waals surface area contributed by atoms with Crippen LogP contribution < -0.4 is 27.4 Å². The van der Waals surface area contributed by atoms with Crippen LogP contribution in [0, 0.1) is 0 Å². The Morgan fingerprint density at radius 1 is 0.862 bits per heavy atom. The third-order valence-corrected chi connectivity index (χ3v) is 3.57. The molecule has 0 aliphatic carbocycles. The lowest BCUT2D eigenvalue weighted by Gasteiger charge is -2.23. The zero-order valence-electron chi connectivity index (χ0n) is 15.7. The van der Waals surface area contributed by atoms with Crippen LogP contribution in [-0.2, 0) is 28.8 Å². The van der Waals surface area contributed by atoms with Crippen molar-refractivity contribution in [2.75, 3.05) is 0 Å². The maximum atomic E-state index is 12.2. The topological polar surface area (TPSA) is 251 Å². The second kappa shape index (κ2) is 11.6. The summed E-state index contributed by atoms with van der Waals surface area (Å²) in [7, 11) is 0.